The van der Waals surface area contributed by atoms with Crippen molar-refractivity contribution in [2.45, 2.75) is 19.6 Å². The monoisotopic (exact) mass is 565 g/mol. The van der Waals surface area contributed by atoms with Crippen LogP contribution in [0.1, 0.15) is 24.2 Å². The second kappa shape index (κ2) is 13.0. The van der Waals surface area contributed by atoms with E-state index in [4.69, 9.17) is 9.47 Å². The smallest absolute Gasteiger partial charge is 0.194 e. The van der Waals surface area contributed by atoms with Crippen molar-refractivity contribution in [2.24, 2.45) is 4.99 Å². The number of para-hydroxylation sites is 1. The van der Waals surface area contributed by atoms with Gasteiger partial charge in [0, 0.05) is 37.5 Å². The molecule has 0 aliphatic rings. The summed E-state index contributed by atoms with van der Waals surface area (Å²) in [5.74, 6) is 1.95. The molecule has 0 spiro atoms. The van der Waals surface area contributed by atoms with Gasteiger partial charge in [0.1, 0.15) is 17.6 Å². The highest BCUT2D eigenvalue weighted by Crippen LogP contribution is 2.29. The number of nitrogens with zero attached hydrogens (tertiary/aromatic N) is 4. The number of methoxy groups -OCH3 is 2. The summed E-state index contributed by atoms with van der Waals surface area (Å²) in [6.07, 6.45) is 3.02. The van der Waals surface area contributed by atoms with Gasteiger partial charge in [-0.2, -0.15) is 5.10 Å². The summed E-state index contributed by atoms with van der Waals surface area (Å²) >= 11 is 0. The second-order valence-electron chi connectivity index (χ2n) is 7.30. The standard InChI is InChI=1S/C24H31N5O3.HI/c1-5-25-24(26-15-22(30)21-13-20(31-3)11-12-23(21)32-4)28(2)16-18-14-27-29(17-18)19-9-7-6-8-10-19;/h6-14,17,22,30H,5,15-16H2,1-4H3,(H,25,26);1H. The molecule has 0 bridgehead atoms. The second-order valence-corrected chi connectivity index (χ2v) is 7.30. The van der Waals surface area contributed by atoms with Crippen LogP contribution in [0.5, 0.6) is 11.5 Å². The largest absolute Gasteiger partial charge is 0.497 e. The van der Waals surface area contributed by atoms with E-state index >= 15 is 0 Å². The molecule has 178 valence electrons. The average Bonchev–Trinajstić information content (AvgIpc) is 3.30. The van der Waals surface area contributed by atoms with Crippen LogP contribution in [0, 0.1) is 0 Å². The van der Waals surface area contributed by atoms with Gasteiger partial charge in [-0.25, -0.2) is 4.68 Å². The number of hydrogen-bond donors (Lipinski definition) is 2. The van der Waals surface area contributed by atoms with Crippen molar-refractivity contribution in [3.8, 4) is 17.2 Å². The zero-order chi connectivity index (χ0) is 22.9. The predicted octanol–water partition coefficient (Wildman–Crippen LogP) is 3.64. The first-order valence-corrected chi connectivity index (χ1v) is 10.5. The Balaban J connectivity index is 0.00000385. The Morgan fingerprint density at radius 2 is 1.94 bits per heavy atom. The van der Waals surface area contributed by atoms with Crippen molar-refractivity contribution >= 4 is 29.9 Å². The lowest BCUT2D eigenvalue weighted by Crippen LogP contribution is -2.38. The van der Waals surface area contributed by atoms with E-state index in [2.05, 4.69) is 15.4 Å². The molecule has 2 aromatic carbocycles. The van der Waals surface area contributed by atoms with E-state index in [1.54, 1.807) is 32.4 Å². The molecule has 0 radical (unpaired) electrons. The Morgan fingerprint density at radius 1 is 1.18 bits per heavy atom. The molecule has 0 saturated carbocycles. The van der Waals surface area contributed by atoms with Gasteiger partial charge in [0.2, 0.25) is 0 Å². The summed E-state index contributed by atoms with van der Waals surface area (Å²) in [5, 5.41) is 18.5. The fourth-order valence-electron chi connectivity index (χ4n) is 3.35. The molecule has 0 amide bonds. The van der Waals surface area contributed by atoms with Crippen molar-refractivity contribution in [3.05, 3.63) is 72.1 Å². The molecule has 2 N–H and O–H groups in total. The molecular weight excluding hydrogens is 533 g/mol. The summed E-state index contributed by atoms with van der Waals surface area (Å²) < 4.78 is 12.5. The molecule has 8 nitrogen and oxygen atoms in total. The first kappa shape index (κ1) is 26.5. The lowest BCUT2D eigenvalue weighted by Gasteiger charge is -2.22. The first-order valence-electron chi connectivity index (χ1n) is 10.5. The molecule has 9 heteroatoms. The van der Waals surface area contributed by atoms with E-state index in [9.17, 15) is 5.11 Å². The number of aromatic nitrogens is 2. The molecule has 33 heavy (non-hydrogen) atoms. The van der Waals surface area contributed by atoms with Crippen LogP contribution < -0.4 is 14.8 Å². The van der Waals surface area contributed by atoms with Crippen molar-refractivity contribution in [1.82, 2.24) is 20.0 Å². The number of aliphatic hydroxyl groups excluding tert-OH is 1. The van der Waals surface area contributed by atoms with Crippen LogP contribution in [-0.4, -0.2) is 60.1 Å². The minimum Gasteiger partial charge on any atom is -0.497 e. The summed E-state index contributed by atoms with van der Waals surface area (Å²) in [6, 6.07) is 15.3. The molecular formula is C24H32IN5O3. The van der Waals surface area contributed by atoms with Gasteiger partial charge >= 0.3 is 0 Å². The molecule has 0 fully saturated rings. The minimum atomic E-state index is -0.831. The van der Waals surface area contributed by atoms with E-state index < -0.39 is 6.10 Å². The van der Waals surface area contributed by atoms with Gasteiger partial charge in [0.15, 0.2) is 5.96 Å². The molecule has 3 rings (SSSR count). The van der Waals surface area contributed by atoms with Crippen molar-refractivity contribution in [3.63, 3.8) is 0 Å². The highest BCUT2D eigenvalue weighted by atomic mass is 127. The predicted molar refractivity (Wildman–Crippen MR) is 141 cm³/mol. The van der Waals surface area contributed by atoms with Gasteiger partial charge in [-0.1, -0.05) is 18.2 Å². The summed E-state index contributed by atoms with van der Waals surface area (Å²) in [7, 11) is 5.13. The van der Waals surface area contributed by atoms with Gasteiger partial charge in [0.25, 0.3) is 0 Å². The number of halogens is 1. The molecule has 1 aromatic heterocycles. The third-order valence-corrected chi connectivity index (χ3v) is 4.98. The highest BCUT2D eigenvalue weighted by molar-refractivity contribution is 14.0. The zero-order valence-electron chi connectivity index (χ0n) is 19.4. The molecule has 1 atom stereocenters. The third kappa shape index (κ3) is 7.10. The number of aliphatic imine (C=N–C) groups is 1. The van der Waals surface area contributed by atoms with Gasteiger partial charge in [-0.15, -0.1) is 24.0 Å². The Kier molecular flexibility index (Phi) is 10.5. The van der Waals surface area contributed by atoms with Crippen molar-refractivity contribution in [2.75, 3.05) is 34.4 Å². The molecule has 1 unspecified atom stereocenters. The fraction of sp³-hybridized carbons (Fsp3) is 0.333. The Labute approximate surface area is 212 Å². The molecule has 0 aliphatic heterocycles. The third-order valence-electron chi connectivity index (χ3n) is 4.98. The van der Waals surface area contributed by atoms with Gasteiger partial charge in [-0.3, -0.25) is 4.99 Å². The maximum Gasteiger partial charge on any atom is 0.194 e. The van der Waals surface area contributed by atoms with E-state index in [0.717, 1.165) is 11.3 Å². The lowest BCUT2D eigenvalue weighted by molar-refractivity contribution is 0.181. The summed E-state index contributed by atoms with van der Waals surface area (Å²) in [6.45, 7) is 3.53. The van der Waals surface area contributed by atoms with E-state index in [-0.39, 0.29) is 30.5 Å². The Morgan fingerprint density at radius 3 is 2.61 bits per heavy atom. The zero-order valence-corrected chi connectivity index (χ0v) is 21.8. The number of nitrogens with one attached hydrogen (secondary N) is 1. The number of ether oxygens (including phenoxy) is 2. The van der Waals surface area contributed by atoms with Crippen LogP contribution in [0.2, 0.25) is 0 Å². The maximum atomic E-state index is 10.8. The van der Waals surface area contributed by atoms with Crippen LogP contribution in [0.15, 0.2) is 65.9 Å². The number of benzene rings is 2. The van der Waals surface area contributed by atoms with Crippen molar-refractivity contribution < 1.29 is 14.6 Å². The maximum absolute atomic E-state index is 10.8. The van der Waals surface area contributed by atoms with Crippen LogP contribution in [0.4, 0.5) is 0 Å². The van der Waals surface area contributed by atoms with E-state index in [0.29, 0.717) is 36.1 Å². The van der Waals surface area contributed by atoms with E-state index in [1.807, 2.05) is 66.3 Å². The van der Waals surface area contributed by atoms with E-state index in [1.165, 1.54) is 0 Å². The number of guanidine groups is 1. The highest BCUT2D eigenvalue weighted by Gasteiger charge is 2.16. The van der Waals surface area contributed by atoms with Crippen molar-refractivity contribution in [1.29, 1.82) is 0 Å². The number of aliphatic hydroxyl groups is 1. The van der Waals surface area contributed by atoms with Crippen LogP contribution in [-0.2, 0) is 6.54 Å². The quantitative estimate of drug-likeness (QED) is 0.234. The topological polar surface area (TPSA) is 84.1 Å². The van der Waals surface area contributed by atoms with Crippen LogP contribution in [0.25, 0.3) is 5.69 Å². The van der Waals surface area contributed by atoms with Crippen LogP contribution >= 0.6 is 24.0 Å². The normalized spacial score (nSPS) is 12.0. The molecule has 1 heterocycles. The molecule has 0 aliphatic carbocycles. The van der Waals surface area contributed by atoms with Crippen LogP contribution in [0.3, 0.4) is 0 Å². The summed E-state index contributed by atoms with van der Waals surface area (Å²) in [4.78, 5) is 6.64. The fourth-order valence-corrected chi connectivity index (χ4v) is 3.35. The molecule has 3 aromatic rings. The van der Waals surface area contributed by atoms with Gasteiger partial charge in [-0.05, 0) is 37.3 Å². The SMILES string of the molecule is CCNC(=NCC(O)c1cc(OC)ccc1OC)N(C)Cc1cnn(-c2ccccc2)c1.I. The lowest BCUT2D eigenvalue weighted by atomic mass is 10.1. The number of hydrogen-bond acceptors (Lipinski definition) is 5. The Hall–Kier alpha value is -2.79. The average molecular weight is 565 g/mol. The van der Waals surface area contributed by atoms with Gasteiger partial charge < -0.3 is 24.8 Å². The number of rotatable bonds is 9. The Bertz CT molecular complexity index is 1030. The summed E-state index contributed by atoms with van der Waals surface area (Å²) in [5.41, 5.74) is 2.70. The van der Waals surface area contributed by atoms with Gasteiger partial charge in [0.05, 0.1) is 32.6 Å². The minimum absolute atomic E-state index is 0. The molecule has 0 saturated heterocycles. The first-order chi connectivity index (χ1) is 15.5.